The molecule has 0 aromatic carbocycles. The van der Waals surface area contributed by atoms with Gasteiger partial charge in [0.25, 0.3) is 5.56 Å². The summed E-state index contributed by atoms with van der Waals surface area (Å²) in [4.78, 5) is 23.7. The Balaban J connectivity index is 2.18. The predicted octanol–water partition coefficient (Wildman–Crippen LogP) is 1.98. The molecule has 17 heavy (non-hydrogen) atoms. The molecule has 0 bridgehead atoms. The molecule has 2 heterocycles. The highest BCUT2D eigenvalue weighted by Gasteiger charge is 2.23. The maximum atomic E-state index is 11.9. The minimum absolute atomic E-state index is 0.0506. The van der Waals surface area contributed by atoms with Gasteiger partial charge in [-0.05, 0) is 44.3 Å². The summed E-state index contributed by atoms with van der Waals surface area (Å²) in [5.74, 6) is -0.0192. The lowest BCUT2D eigenvalue weighted by Gasteiger charge is -2.09. The van der Waals surface area contributed by atoms with Gasteiger partial charge >= 0.3 is 0 Å². The monoisotopic (exact) mass is 363 g/mol. The number of nitrogens with zero attached hydrogens (tertiary/aromatic N) is 1. The number of carbonyl (C=O) groups excluding carboxylic acids is 1. The van der Waals surface area contributed by atoms with Gasteiger partial charge in [-0.2, -0.15) is 0 Å². The van der Waals surface area contributed by atoms with Gasteiger partial charge in [0.2, 0.25) is 0 Å². The minimum atomic E-state index is -0.194. The Morgan fingerprint density at radius 2 is 2.29 bits per heavy atom. The normalized spacial score (nSPS) is 19.5. The zero-order valence-corrected chi connectivity index (χ0v) is 12.2. The zero-order chi connectivity index (χ0) is 12.4. The lowest BCUT2D eigenvalue weighted by atomic mass is 10.0. The van der Waals surface area contributed by atoms with Crippen molar-refractivity contribution in [3.05, 3.63) is 31.6 Å². The van der Waals surface area contributed by atoms with E-state index in [4.69, 9.17) is 4.74 Å². The molecule has 1 aliphatic heterocycles. The van der Waals surface area contributed by atoms with Crippen molar-refractivity contribution in [3.63, 3.8) is 0 Å². The second-order valence-electron chi connectivity index (χ2n) is 3.97. The fourth-order valence-corrected chi connectivity index (χ4v) is 3.03. The van der Waals surface area contributed by atoms with Gasteiger partial charge in [0.15, 0.2) is 5.78 Å². The first kappa shape index (κ1) is 13.0. The molecule has 1 atom stereocenters. The van der Waals surface area contributed by atoms with Crippen molar-refractivity contribution in [2.75, 3.05) is 13.2 Å². The fraction of sp³-hybridized carbons (Fsp3) is 0.455. The number of hydrogen-bond donors (Lipinski definition) is 0. The quantitative estimate of drug-likeness (QED) is 0.823. The molecule has 0 spiro atoms. The Morgan fingerprint density at radius 1 is 1.53 bits per heavy atom. The Hall–Kier alpha value is -0.460. The van der Waals surface area contributed by atoms with Crippen LogP contribution >= 0.6 is 31.9 Å². The van der Waals surface area contributed by atoms with Gasteiger partial charge in [-0.3, -0.25) is 9.59 Å². The second kappa shape index (κ2) is 5.46. The van der Waals surface area contributed by atoms with E-state index >= 15 is 0 Å². The average Bonchev–Trinajstić information content (AvgIpc) is 2.78. The molecule has 4 nitrogen and oxygen atoms in total. The molecule has 0 aliphatic carbocycles. The first-order chi connectivity index (χ1) is 8.08. The van der Waals surface area contributed by atoms with E-state index in [1.165, 1.54) is 4.57 Å². The van der Waals surface area contributed by atoms with Gasteiger partial charge in [0, 0.05) is 23.2 Å². The maximum absolute atomic E-state index is 11.9. The van der Waals surface area contributed by atoms with E-state index in [1.54, 1.807) is 12.3 Å². The van der Waals surface area contributed by atoms with Crippen molar-refractivity contribution in [3.8, 4) is 0 Å². The van der Waals surface area contributed by atoms with Crippen LogP contribution in [0.25, 0.3) is 0 Å². The SMILES string of the molecule is O=C(Cn1cc(Br)cc(Br)c1=O)C1CCOC1. The molecule has 0 radical (unpaired) electrons. The van der Waals surface area contributed by atoms with Crippen molar-refractivity contribution in [1.29, 1.82) is 0 Å². The zero-order valence-electron chi connectivity index (χ0n) is 8.99. The van der Waals surface area contributed by atoms with Crippen LogP contribution in [0.1, 0.15) is 6.42 Å². The Labute approximate surface area is 115 Å². The minimum Gasteiger partial charge on any atom is -0.381 e. The molecule has 0 N–H and O–H groups in total. The average molecular weight is 365 g/mol. The van der Waals surface area contributed by atoms with Gasteiger partial charge in [0.05, 0.1) is 17.6 Å². The van der Waals surface area contributed by atoms with Crippen molar-refractivity contribution < 1.29 is 9.53 Å². The van der Waals surface area contributed by atoms with Crippen molar-refractivity contribution in [2.45, 2.75) is 13.0 Å². The van der Waals surface area contributed by atoms with Crippen molar-refractivity contribution >= 4 is 37.6 Å². The molecule has 6 heteroatoms. The van der Waals surface area contributed by atoms with Crippen LogP contribution in [-0.2, 0) is 16.1 Å². The smallest absolute Gasteiger partial charge is 0.265 e. The van der Waals surface area contributed by atoms with E-state index in [0.29, 0.717) is 17.7 Å². The molecule has 1 unspecified atom stereocenters. The lowest BCUT2D eigenvalue weighted by Crippen LogP contribution is -2.28. The molecule has 1 fully saturated rings. The molecule has 2 rings (SSSR count). The number of rotatable bonds is 3. The highest BCUT2D eigenvalue weighted by molar-refractivity contribution is 9.11. The summed E-state index contributed by atoms with van der Waals surface area (Å²) in [6, 6.07) is 1.67. The summed E-state index contributed by atoms with van der Waals surface area (Å²) in [6.45, 7) is 1.21. The van der Waals surface area contributed by atoms with Crippen molar-refractivity contribution in [2.24, 2.45) is 5.92 Å². The van der Waals surface area contributed by atoms with Gasteiger partial charge in [0.1, 0.15) is 0 Å². The van der Waals surface area contributed by atoms with Gasteiger partial charge in [-0.15, -0.1) is 0 Å². The van der Waals surface area contributed by atoms with Crippen LogP contribution in [0.5, 0.6) is 0 Å². The standard InChI is InChI=1S/C11H11Br2NO3/c12-8-3-9(13)11(16)14(4-8)5-10(15)7-1-2-17-6-7/h3-4,7H,1-2,5-6H2. The molecular formula is C11H11Br2NO3. The topological polar surface area (TPSA) is 48.3 Å². The number of ketones is 1. The first-order valence-electron chi connectivity index (χ1n) is 5.24. The molecule has 92 valence electrons. The number of aromatic nitrogens is 1. The van der Waals surface area contributed by atoms with E-state index in [1.807, 2.05) is 0 Å². The first-order valence-corrected chi connectivity index (χ1v) is 6.82. The third-order valence-corrected chi connectivity index (χ3v) is 3.72. The molecule has 1 aromatic rings. The van der Waals surface area contributed by atoms with Crippen molar-refractivity contribution in [1.82, 2.24) is 4.57 Å². The van der Waals surface area contributed by atoms with Crippen LogP contribution < -0.4 is 5.56 Å². The summed E-state index contributed by atoms with van der Waals surface area (Å²) in [5.41, 5.74) is -0.194. The van der Waals surface area contributed by atoms with E-state index < -0.39 is 0 Å². The molecule has 0 saturated carbocycles. The highest BCUT2D eigenvalue weighted by Crippen LogP contribution is 2.16. The number of ether oxygens (including phenoxy) is 1. The van der Waals surface area contributed by atoms with Gasteiger partial charge < -0.3 is 9.30 Å². The Bertz CT molecular complexity index is 492. The molecule has 1 aliphatic rings. The van der Waals surface area contributed by atoms with Crippen LogP contribution in [0.15, 0.2) is 26.0 Å². The number of pyridine rings is 1. The third kappa shape index (κ3) is 3.05. The van der Waals surface area contributed by atoms with E-state index in [9.17, 15) is 9.59 Å². The maximum Gasteiger partial charge on any atom is 0.265 e. The predicted molar refractivity (Wildman–Crippen MR) is 70.0 cm³/mol. The van der Waals surface area contributed by atoms with Crippen LogP contribution in [0, 0.1) is 5.92 Å². The van der Waals surface area contributed by atoms with E-state index in [2.05, 4.69) is 31.9 Å². The summed E-state index contributed by atoms with van der Waals surface area (Å²) in [5, 5.41) is 0. The molecule has 0 amide bonds. The highest BCUT2D eigenvalue weighted by atomic mass is 79.9. The van der Waals surface area contributed by atoms with Gasteiger partial charge in [-0.1, -0.05) is 0 Å². The lowest BCUT2D eigenvalue weighted by molar-refractivity contribution is -0.123. The number of Topliss-reactive ketones (excluding diaryl/α,β-unsaturated/α-hetero) is 1. The third-order valence-electron chi connectivity index (χ3n) is 2.72. The number of carbonyl (C=O) groups is 1. The molecule has 1 aromatic heterocycles. The second-order valence-corrected chi connectivity index (χ2v) is 5.74. The Morgan fingerprint density at radius 3 is 2.94 bits per heavy atom. The van der Waals surface area contributed by atoms with Crippen LogP contribution in [0.2, 0.25) is 0 Å². The van der Waals surface area contributed by atoms with Crippen LogP contribution in [-0.4, -0.2) is 23.6 Å². The summed E-state index contributed by atoms with van der Waals surface area (Å²) < 4.78 is 7.79. The van der Waals surface area contributed by atoms with E-state index in [0.717, 1.165) is 10.9 Å². The molecule has 1 saturated heterocycles. The number of hydrogen-bond acceptors (Lipinski definition) is 3. The summed E-state index contributed by atoms with van der Waals surface area (Å²) >= 11 is 6.47. The van der Waals surface area contributed by atoms with Crippen LogP contribution in [0.3, 0.4) is 0 Å². The number of halogens is 2. The largest absolute Gasteiger partial charge is 0.381 e. The fourth-order valence-electron chi connectivity index (χ4n) is 1.77. The van der Waals surface area contributed by atoms with E-state index in [-0.39, 0.29) is 23.8 Å². The van der Waals surface area contributed by atoms with Crippen LogP contribution in [0.4, 0.5) is 0 Å². The Kier molecular flexibility index (Phi) is 4.17. The van der Waals surface area contributed by atoms with Gasteiger partial charge in [-0.25, -0.2) is 0 Å². The molecular weight excluding hydrogens is 354 g/mol. The summed E-state index contributed by atoms with van der Waals surface area (Å²) in [7, 11) is 0. The summed E-state index contributed by atoms with van der Waals surface area (Å²) in [6.07, 6.45) is 2.38.